The molecule has 0 bridgehead atoms. The van der Waals surface area contributed by atoms with Gasteiger partial charge >= 0.3 is 5.97 Å². The van der Waals surface area contributed by atoms with Crippen LogP contribution in [-0.2, 0) is 19.0 Å². The number of nitro groups is 1. The molecule has 1 aliphatic rings. The van der Waals surface area contributed by atoms with Crippen LogP contribution in [0.2, 0.25) is 0 Å². The number of hydrogen-bond donors (Lipinski definition) is 1. The number of carbonyl (C=O) groups is 1. The fourth-order valence-corrected chi connectivity index (χ4v) is 3.87. The number of non-ortho nitro benzene ring substituents is 1. The number of nitrogens with zero attached hydrogens (tertiary/aromatic N) is 1. The lowest BCUT2D eigenvalue weighted by molar-refractivity contribution is -0.385. The zero-order valence-corrected chi connectivity index (χ0v) is 19.0. The van der Waals surface area contributed by atoms with E-state index < -0.39 is 16.5 Å². The van der Waals surface area contributed by atoms with Crippen LogP contribution < -0.4 is 10.1 Å². The molecule has 0 atom stereocenters. The molecule has 0 amide bonds. The molecule has 10 heteroatoms. The van der Waals surface area contributed by atoms with Crippen LogP contribution in [0.15, 0.2) is 46.2 Å². The van der Waals surface area contributed by atoms with Crippen LogP contribution in [0.4, 0.5) is 17.1 Å². The average Bonchev–Trinajstić information content (AvgIpc) is 2.72. The highest BCUT2D eigenvalue weighted by Gasteiger charge is 2.19. The Morgan fingerprint density at radius 3 is 2.38 bits per heavy atom. The van der Waals surface area contributed by atoms with Crippen LogP contribution in [0.1, 0.15) is 20.8 Å². The molecule has 32 heavy (non-hydrogen) atoms. The van der Waals surface area contributed by atoms with Crippen molar-refractivity contribution in [3.8, 4) is 5.75 Å². The molecule has 0 fully saturated rings. The van der Waals surface area contributed by atoms with Gasteiger partial charge in [0.2, 0.25) is 0 Å². The van der Waals surface area contributed by atoms with Crippen molar-refractivity contribution in [3.63, 3.8) is 0 Å². The normalized spacial score (nSPS) is 12.3. The second-order valence-electron chi connectivity index (χ2n) is 7.92. The minimum atomic E-state index is -0.527. The average molecular weight is 463 g/mol. The molecule has 1 heterocycles. The van der Waals surface area contributed by atoms with Crippen molar-refractivity contribution in [3.05, 3.63) is 46.5 Å². The summed E-state index contributed by atoms with van der Waals surface area (Å²) in [7, 11) is 0. The molecule has 2 aromatic rings. The summed E-state index contributed by atoms with van der Waals surface area (Å²) in [5.74, 6) is 0.273. The molecule has 0 aliphatic carbocycles. The van der Waals surface area contributed by atoms with Gasteiger partial charge in [0.05, 0.1) is 36.1 Å². The van der Waals surface area contributed by atoms with Crippen molar-refractivity contribution >= 4 is 34.8 Å². The first-order valence-electron chi connectivity index (χ1n) is 10.1. The maximum atomic E-state index is 11.5. The molecule has 1 N–H and O–H groups in total. The summed E-state index contributed by atoms with van der Waals surface area (Å²) >= 11 is 1.45. The van der Waals surface area contributed by atoms with Gasteiger partial charge in [0.1, 0.15) is 24.6 Å². The highest BCUT2D eigenvalue weighted by atomic mass is 32.2. The Morgan fingerprint density at radius 1 is 1.00 bits per heavy atom. The van der Waals surface area contributed by atoms with E-state index in [-0.39, 0.29) is 18.9 Å². The summed E-state index contributed by atoms with van der Waals surface area (Å²) in [5.41, 5.74) is 1.29. The number of nitrogens with one attached hydrogen (secondary N) is 1. The lowest BCUT2D eigenvalue weighted by atomic mass is 10.2. The maximum Gasteiger partial charge on any atom is 0.332 e. The van der Waals surface area contributed by atoms with Crippen LogP contribution in [0.5, 0.6) is 5.75 Å². The van der Waals surface area contributed by atoms with Crippen LogP contribution in [0, 0.1) is 10.1 Å². The van der Waals surface area contributed by atoms with Crippen LogP contribution in [0.3, 0.4) is 0 Å². The third kappa shape index (κ3) is 7.11. The molecule has 9 nitrogen and oxygen atoms in total. The van der Waals surface area contributed by atoms with Crippen molar-refractivity contribution in [2.75, 3.05) is 38.4 Å². The van der Waals surface area contributed by atoms with Crippen LogP contribution in [0.25, 0.3) is 0 Å². The molecule has 0 aromatic heterocycles. The second kappa shape index (κ2) is 10.7. The molecule has 3 rings (SSSR count). The molecule has 0 radical (unpaired) electrons. The Bertz CT molecular complexity index is 975. The Morgan fingerprint density at radius 2 is 1.66 bits per heavy atom. The van der Waals surface area contributed by atoms with E-state index in [1.807, 2.05) is 18.2 Å². The summed E-state index contributed by atoms with van der Waals surface area (Å²) in [6, 6.07) is 10.4. The first kappa shape index (κ1) is 23.8. The molecule has 1 aliphatic heterocycles. The summed E-state index contributed by atoms with van der Waals surface area (Å²) in [4.78, 5) is 23.8. The van der Waals surface area contributed by atoms with Gasteiger partial charge in [-0.2, -0.15) is 0 Å². The van der Waals surface area contributed by atoms with Gasteiger partial charge in [-0.1, -0.05) is 11.8 Å². The number of benzene rings is 2. The van der Waals surface area contributed by atoms with E-state index in [9.17, 15) is 14.9 Å². The summed E-state index contributed by atoms with van der Waals surface area (Å²) in [6.07, 6.45) is 0. The monoisotopic (exact) mass is 462 g/mol. The van der Waals surface area contributed by atoms with Crippen molar-refractivity contribution in [2.45, 2.75) is 36.2 Å². The van der Waals surface area contributed by atoms with E-state index in [1.54, 1.807) is 32.9 Å². The Hall–Kier alpha value is -2.82. The third-order valence-corrected chi connectivity index (χ3v) is 5.24. The highest BCUT2D eigenvalue weighted by Crippen LogP contribution is 2.46. The standard InChI is InChI=1S/C22H26N2O7S/c1-22(2,3)31-21(25)14-29-9-8-28-10-11-30-16-5-7-18-20(13-16)32-19-12-15(24(26)27)4-6-17(19)23-18/h4-7,12-13,23H,8-11,14H2,1-3H3. The van der Waals surface area contributed by atoms with Crippen molar-refractivity contribution in [1.29, 1.82) is 0 Å². The lowest BCUT2D eigenvalue weighted by Gasteiger charge is -2.21. The molecule has 2 aromatic carbocycles. The SMILES string of the molecule is CC(C)(C)OC(=O)COCCOCCOc1ccc2c(c1)Sc1cc([N+](=O)[O-])ccc1N2. The Kier molecular flexibility index (Phi) is 7.94. The molecule has 0 saturated heterocycles. The molecule has 172 valence electrons. The van der Waals surface area contributed by atoms with Gasteiger partial charge in [-0.15, -0.1) is 0 Å². The number of rotatable bonds is 10. The van der Waals surface area contributed by atoms with Gasteiger partial charge in [0.15, 0.2) is 0 Å². The Labute approximate surface area is 190 Å². The van der Waals surface area contributed by atoms with Gasteiger partial charge in [0.25, 0.3) is 5.69 Å². The molecular weight excluding hydrogens is 436 g/mol. The summed E-state index contributed by atoms with van der Waals surface area (Å²) in [6.45, 7) is 6.64. The first-order valence-corrected chi connectivity index (χ1v) is 10.9. The third-order valence-electron chi connectivity index (χ3n) is 4.13. The zero-order valence-electron chi connectivity index (χ0n) is 18.2. The van der Waals surface area contributed by atoms with Crippen LogP contribution in [-0.4, -0.2) is 49.5 Å². The second-order valence-corrected chi connectivity index (χ2v) is 9.01. The number of carbonyl (C=O) groups excluding carboxylic acids is 1. The van der Waals surface area contributed by atoms with E-state index in [2.05, 4.69) is 5.32 Å². The number of hydrogen-bond acceptors (Lipinski definition) is 9. The van der Waals surface area contributed by atoms with E-state index >= 15 is 0 Å². The van der Waals surface area contributed by atoms with Gasteiger partial charge in [0, 0.05) is 21.9 Å². The molecule has 0 saturated carbocycles. The first-order chi connectivity index (χ1) is 15.2. The number of esters is 1. The van der Waals surface area contributed by atoms with Crippen molar-refractivity contribution in [1.82, 2.24) is 0 Å². The van der Waals surface area contributed by atoms with E-state index in [0.717, 1.165) is 21.2 Å². The van der Waals surface area contributed by atoms with Crippen molar-refractivity contribution < 1.29 is 28.7 Å². The summed E-state index contributed by atoms with van der Waals surface area (Å²) < 4.78 is 21.6. The van der Waals surface area contributed by atoms with Gasteiger partial charge in [-0.05, 0) is 45.0 Å². The van der Waals surface area contributed by atoms with Gasteiger partial charge in [-0.25, -0.2) is 4.79 Å². The molecular formula is C22H26N2O7S. The van der Waals surface area contributed by atoms with E-state index in [0.29, 0.717) is 25.6 Å². The topological polar surface area (TPSA) is 109 Å². The highest BCUT2D eigenvalue weighted by molar-refractivity contribution is 7.99. The maximum absolute atomic E-state index is 11.5. The predicted molar refractivity (Wildman–Crippen MR) is 120 cm³/mol. The van der Waals surface area contributed by atoms with Crippen LogP contribution >= 0.6 is 11.8 Å². The number of nitro benzene ring substituents is 1. The number of fused-ring (bicyclic) bond motifs is 2. The fraction of sp³-hybridized carbons (Fsp3) is 0.409. The van der Waals surface area contributed by atoms with Gasteiger partial charge in [-0.3, -0.25) is 10.1 Å². The van der Waals surface area contributed by atoms with E-state index in [4.69, 9.17) is 18.9 Å². The van der Waals surface area contributed by atoms with Gasteiger partial charge < -0.3 is 24.3 Å². The molecule has 0 spiro atoms. The van der Waals surface area contributed by atoms with E-state index in [1.165, 1.54) is 17.8 Å². The minimum Gasteiger partial charge on any atom is -0.491 e. The number of ether oxygens (including phenoxy) is 4. The number of anilines is 2. The smallest absolute Gasteiger partial charge is 0.332 e. The largest absolute Gasteiger partial charge is 0.491 e. The quantitative estimate of drug-likeness (QED) is 0.201. The van der Waals surface area contributed by atoms with Crippen molar-refractivity contribution in [2.24, 2.45) is 0 Å². The zero-order chi connectivity index (χ0) is 23.1. The Balaban J connectivity index is 1.37. The lowest BCUT2D eigenvalue weighted by Crippen LogP contribution is -2.27. The molecule has 0 unspecified atom stereocenters. The predicted octanol–water partition coefficient (Wildman–Crippen LogP) is 4.56. The summed E-state index contributed by atoms with van der Waals surface area (Å²) in [5, 5.41) is 14.3. The fourth-order valence-electron chi connectivity index (χ4n) is 2.82. The minimum absolute atomic E-state index is 0.0566.